The molecule has 3 nitrogen and oxygen atoms in total. The number of nitrogens with one attached hydrogen (secondary N) is 2. The molecule has 0 saturated carbocycles. The number of hydrazine groups is 1. The van der Waals surface area contributed by atoms with Gasteiger partial charge in [0.25, 0.3) is 0 Å². The van der Waals surface area contributed by atoms with Gasteiger partial charge in [-0.25, -0.2) is 5.01 Å². The fourth-order valence-electron chi connectivity index (χ4n) is 1.93. The molecule has 0 spiro atoms. The van der Waals surface area contributed by atoms with Crippen LogP contribution < -0.4 is 10.7 Å². The van der Waals surface area contributed by atoms with Gasteiger partial charge in [0.05, 0.1) is 5.69 Å². The van der Waals surface area contributed by atoms with E-state index >= 15 is 0 Å². The number of piperazine rings is 1. The van der Waals surface area contributed by atoms with Gasteiger partial charge in [0, 0.05) is 26.2 Å². The second-order valence-corrected chi connectivity index (χ2v) is 4.12. The molecular weight excluding hydrogens is 186 g/mol. The van der Waals surface area contributed by atoms with Crippen molar-refractivity contribution in [3.8, 4) is 0 Å². The van der Waals surface area contributed by atoms with Crippen molar-refractivity contribution in [2.24, 2.45) is 0 Å². The van der Waals surface area contributed by atoms with Crippen LogP contribution in [0.25, 0.3) is 0 Å². The Bertz CT molecular complexity index is 309. The van der Waals surface area contributed by atoms with Gasteiger partial charge in [0.2, 0.25) is 0 Å². The van der Waals surface area contributed by atoms with Crippen molar-refractivity contribution < 1.29 is 0 Å². The van der Waals surface area contributed by atoms with Gasteiger partial charge in [0.1, 0.15) is 0 Å². The monoisotopic (exact) mass is 205 g/mol. The first kappa shape index (κ1) is 10.5. The molecule has 1 heterocycles. The average molecular weight is 205 g/mol. The molecule has 3 heteroatoms. The molecule has 0 radical (unpaired) electrons. The molecule has 82 valence electrons. The van der Waals surface area contributed by atoms with Crippen LogP contribution in [0.4, 0.5) is 5.69 Å². The van der Waals surface area contributed by atoms with Crippen LogP contribution in [-0.2, 0) is 0 Å². The summed E-state index contributed by atoms with van der Waals surface area (Å²) in [5, 5.41) is 5.63. The van der Waals surface area contributed by atoms with Crippen LogP contribution in [0, 0.1) is 13.8 Å². The predicted molar refractivity (Wildman–Crippen MR) is 64.0 cm³/mol. The molecule has 1 aromatic rings. The average Bonchev–Trinajstić information content (AvgIpc) is 2.25. The van der Waals surface area contributed by atoms with Crippen LogP contribution in [0.5, 0.6) is 0 Å². The van der Waals surface area contributed by atoms with Gasteiger partial charge in [-0.05, 0) is 25.0 Å². The minimum Gasteiger partial charge on any atom is -0.318 e. The molecule has 1 saturated heterocycles. The lowest BCUT2D eigenvalue weighted by molar-refractivity contribution is 0.287. The topological polar surface area (TPSA) is 27.3 Å². The van der Waals surface area contributed by atoms with Crippen molar-refractivity contribution in [2.75, 3.05) is 31.6 Å². The summed E-state index contributed by atoms with van der Waals surface area (Å²) in [7, 11) is 0. The number of para-hydroxylation sites is 1. The third-order valence-electron chi connectivity index (χ3n) is 2.87. The van der Waals surface area contributed by atoms with Gasteiger partial charge >= 0.3 is 0 Å². The van der Waals surface area contributed by atoms with E-state index in [0.717, 1.165) is 26.2 Å². The molecule has 2 N–H and O–H groups in total. The normalized spacial score (nSPS) is 17.7. The second kappa shape index (κ2) is 4.64. The summed E-state index contributed by atoms with van der Waals surface area (Å²) in [5.41, 5.74) is 7.40. The molecule has 0 amide bonds. The summed E-state index contributed by atoms with van der Waals surface area (Å²) in [5.74, 6) is 0. The molecule has 1 fully saturated rings. The Kier molecular flexibility index (Phi) is 3.23. The number of benzene rings is 1. The van der Waals surface area contributed by atoms with Crippen LogP contribution in [0.2, 0.25) is 0 Å². The Morgan fingerprint density at radius 3 is 2.33 bits per heavy atom. The highest BCUT2D eigenvalue weighted by molar-refractivity contribution is 5.55. The standard InChI is InChI=1S/C12H19N3/c1-10-4-3-5-11(2)12(10)14-15-8-6-13-7-9-15/h3-5,13-14H,6-9H2,1-2H3. The summed E-state index contributed by atoms with van der Waals surface area (Å²) < 4.78 is 0. The fourth-order valence-corrected chi connectivity index (χ4v) is 1.93. The first-order valence-electron chi connectivity index (χ1n) is 5.56. The Labute approximate surface area is 91.4 Å². The van der Waals surface area contributed by atoms with Crippen molar-refractivity contribution in [3.63, 3.8) is 0 Å². The molecule has 0 atom stereocenters. The van der Waals surface area contributed by atoms with E-state index in [4.69, 9.17) is 0 Å². The summed E-state index contributed by atoms with van der Waals surface area (Å²) in [6.45, 7) is 8.56. The number of anilines is 1. The lowest BCUT2D eigenvalue weighted by Gasteiger charge is -2.29. The molecule has 1 aromatic carbocycles. The predicted octanol–water partition coefficient (Wildman–Crippen LogP) is 1.54. The first-order valence-corrected chi connectivity index (χ1v) is 5.56. The first-order chi connectivity index (χ1) is 7.27. The largest absolute Gasteiger partial charge is 0.318 e. The van der Waals surface area contributed by atoms with E-state index in [1.807, 2.05) is 0 Å². The van der Waals surface area contributed by atoms with Gasteiger partial charge in [-0.2, -0.15) is 0 Å². The Morgan fingerprint density at radius 2 is 1.73 bits per heavy atom. The van der Waals surface area contributed by atoms with Crippen LogP contribution in [0.3, 0.4) is 0 Å². The maximum atomic E-state index is 3.51. The molecule has 0 bridgehead atoms. The number of rotatable bonds is 2. The van der Waals surface area contributed by atoms with Crippen LogP contribution in [-0.4, -0.2) is 31.2 Å². The van der Waals surface area contributed by atoms with Crippen molar-refractivity contribution >= 4 is 5.69 Å². The Hall–Kier alpha value is -1.06. The van der Waals surface area contributed by atoms with E-state index in [0.29, 0.717) is 0 Å². The van der Waals surface area contributed by atoms with Crippen molar-refractivity contribution in [1.82, 2.24) is 10.3 Å². The minimum atomic E-state index is 1.06. The van der Waals surface area contributed by atoms with Crippen molar-refractivity contribution in [2.45, 2.75) is 13.8 Å². The lowest BCUT2D eigenvalue weighted by atomic mass is 10.1. The summed E-state index contributed by atoms with van der Waals surface area (Å²) in [6.07, 6.45) is 0. The summed E-state index contributed by atoms with van der Waals surface area (Å²) >= 11 is 0. The smallest absolute Gasteiger partial charge is 0.0548 e. The summed E-state index contributed by atoms with van der Waals surface area (Å²) in [6, 6.07) is 6.41. The van der Waals surface area contributed by atoms with E-state index in [2.05, 4.69) is 47.8 Å². The Morgan fingerprint density at radius 1 is 1.13 bits per heavy atom. The molecule has 1 aliphatic rings. The van der Waals surface area contributed by atoms with Gasteiger partial charge < -0.3 is 10.7 Å². The van der Waals surface area contributed by atoms with Gasteiger partial charge in [0.15, 0.2) is 0 Å². The van der Waals surface area contributed by atoms with Crippen LogP contribution in [0.1, 0.15) is 11.1 Å². The molecule has 15 heavy (non-hydrogen) atoms. The molecule has 2 rings (SSSR count). The highest BCUT2D eigenvalue weighted by atomic mass is 15.5. The number of hydrogen-bond donors (Lipinski definition) is 2. The van der Waals surface area contributed by atoms with Gasteiger partial charge in [-0.3, -0.25) is 0 Å². The van der Waals surface area contributed by atoms with Crippen molar-refractivity contribution in [3.05, 3.63) is 29.3 Å². The molecular formula is C12H19N3. The molecule has 0 aliphatic carbocycles. The third kappa shape index (κ3) is 2.49. The minimum absolute atomic E-state index is 1.06. The highest BCUT2D eigenvalue weighted by Gasteiger charge is 2.10. The van der Waals surface area contributed by atoms with E-state index in [9.17, 15) is 0 Å². The van der Waals surface area contributed by atoms with E-state index < -0.39 is 0 Å². The highest BCUT2D eigenvalue weighted by Crippen LogP contribution is 2.19. The number of hydrogen-bond acceptors (Lipinski definition) is 3. The van der Waals surface area contributed by atoms with E-state index in [1.54, 1.807) is 0 Å². The third-order valence-corrected chi connectivity index (χ3v) is 2.87. The second-order valence-electron chi connectivity index (χ2n) is 4.12. The van der Waals surface area contributed by atoms with E-state index in [-0.39, 0.29) is 0 Å². The fraction of sp³-hybridized carbons (Fsp3) is 0.500. The number of nitrogens with zero attached hydrogens (tertiary/aromatic N) is 1. The SMILES string of the molecule is Cc1cccc(C)c1NN1CCNCC1. The summed E-state index contributed by atoms with van der Waals surface area (Å²) in [4.78, 5) is 0. The van der Waals surface area contributed by atoms with Gasteiger partial charge in [-0.1, -0.05) is 18.2 Å². The Balaban J connectivity index is 2.09. The molecule has 1 aliphatic heterocycles. The molecule has 0 aromatic heterocycles. The zero-order chi connectivity index (χ0) is 10.7. The quantitative estimate of drug-likeness (QED) is 0.767. The van der Waals surface area contributed by atoms with Crippen LogP contribution >= 0.6 is 0 Å². The van der Waals surface area contributed by atoms with E-state index in [1.165, 1.54) is 16.8 Å². The van der Waals surface area contributed by atoms with Gasteiger partial charge in [-0.15, -0.1) is 0 Å². The van der Waals surface area contributed by atoms with Crippen molar-refractivity contribution in [1.29, 1.82) is 0 Å². The maximum absolute atomic E-state index is 3.51. The molecule has 0 unspecified atom stereocenters. The zero-order valence-corrected chi connectivity index (χ0v) is 9.51. The zero-order valence-electron chi connectivity index (χ0n) is 9.51. The maximum Gasteiger partial charge on any atom is 0.0548 e. The number of aryl methyl sites for hydroxylation is 2. The lowest BCUT2D eigenvalue weighted by Crippen LogP contribution is -2.46. The van der Waals surface area contributed by atoms with Crippen LogP contribution in [0.15, 0.2) is 18.2 Å².